The van der Waals surface area contributed by atoms with Crippen molar-refractivity contribution in [2.75, 3.05) is 6.61 Å². The maximum absolute atomic E-state index is 12.9. The first-order valence-electron chi connectivity index (χ1n) is 8.99. The topological polar surface area (TPSA) is 96.9 Å². The van der Waals surface area contributed by atoms with E-state index < -0.39 is 18.0 Å². The van der Waals surface area contributed by atoms with Crippen molar-refractivity contribution in [3.63, 3.8) is 0 Å². The minimum atomic E-state index is -0.710. The maximum atomic E-state index is 12.9. The monoisotopic (exact) mass is 376 g/mol. The van der Waals surface area contributed by atoms with Gasteiger partial charge >= 0.3 is 12.0 Å². The minimum Gasteiger partial charge on any atom is -0.504 e. The Morgan fingerprint density at radius 2 is 2.00 bits per heavy atom. The molecule has 0 fully saturated rings. The number of carbonyl (C=O) groups excluding carboxylic acids is 2. The molecule has 1 heterocycles. The average molecular weight is 376 g/mol. The van der Waals surface area contributed by atoms with Gasteiger partial charge in [-0.1, -0.05) is 26.8 Å². The van der Waals surface area contributed by atoms with Crippen LogP contribution in [0.4, 0.5) is 4.79 Å². The van der Waals surface area contributed by atoms with Crippen LogP contribution < -0.4 is 15.4 Å². The lowest BCUT2D eigenvalue weighted by atomic mass is 9.90. The van der Waals surface area contributed by atoms with Gasteiger partial charge in [-0.05, 0) is 43.9 Å². The molecule has 1 aromatic rings. The lowest BCUT2D eigenvalue weighted by Crippen LogP contribution is -2.46. The van der Waals surface area contributed by atoms with E-state index in [-0.39, 0.29) is 23.0 Å². The van der Waals surface area contributed by atoms with Gasteiger partial charge in [-0.3, -0.25) is 0 Å². The summed E-state index contributed by atoms with van der Waals surface area (Å²) in [7, 11) is 0. The van der Waals surface area contributed by atoms with Gasteiger partial charge in [-0.2, -0.15) is 0 Å². The zero-order valence-electron chi connectivity index (χ0n) is 16.7. The third kappa shape index (κ3) is 4.72. The molecular formula is C20H28N2O5. The summed E-state index contributed by atoms with van der Waals surface area (Å²) in [5, 5.41) is 15.3. The number of phenolic OH excluding ortho intramolecular Hbond substituents is 1. The Morgan fingerprint density at radius 1 is 1.33 bits per heavy atom. The van der Waals surface area contributed by atoms with Crippen LogP contribution in [0.15, 0.2) is 29.5 Å². The van der Waals surface area contributed by atoms with E-state index >= 15 is 0 Å². The third-order valence-electron chi connectivity index (χ3n) is 4.61. The Labute approximate surface area is 159 Å². The van der Waals surface area contributed by atoms with Gasteiger partial charge in [0.15, 0.2) is 11.5 Å². The number of carbonyl (C=O) groups is 2. The zero-order valence-corrected chi connectivity index (χ0v) is 16.7. The predicted molar refractivity (Wildman–Crippen MR) is 101 cm³/mol. The molecule has 0 unspecified atom stereocenters. The Bertz CT molecular complexity index is 764. The van der Waals surface area contributed by atoms with Gasteiger partial charge in [0.1, 0.15) is 6.10 Å². The van der Waals surface area contributed by atoms with Gasteiger partial charge < -0.3 is 25.2 Å². The number of phenols is 1. The first-order valence-corrected chi connectivity index (χ1v) is 8.99. The Kier molecular flexibility index (Phi) is 6.03. The fraction of sp³-hybridized carbons (Fsp3) is 0.500. The largest absolute Gasteiger partial charge is 0.504 e. The molecular weight excluding hydrogens is 348 g/mol. The number of benzene rings is 1. The molecule has 2 amide bonds. The summed E-state index contributed by atoms with van der Waals surface area (Å²) in [6, 6.07) is 3.61. The predicted octanol–water partition coefficient (Wildman–Crippen LogP) is 3.40. The van der Waals surface area contributed by atoms with Crippen molar-refractivity contribution in [2.24, 2.45) is 5.41 Å². The molecule has 0 bridgehead atoms. The number of urea groups is 1. The van der Waals surface area contributed by atoms with Crippen LogP contribution >= 0.6 is 0 Å². The average Bonchev–Trinajstić information content (AvgIpc) is 2.55. The van der Waals surface area contributed by atoms with Gasteiger partial charge in [0, 0.05) is 5.70 Å². The van der Waals surface area contributed by atoms with Crippen molar-refractivity contribution >= 4 is 12.0 Å². The molecule has 7 heteroatoms. The molecule has 148 valence electrons. The van der Waals surface area contributed by atoms with E-state index in [1.807, 2.05) is 27.7 Å². The highest BCUT2D eigenvalue weighted by Gasteiger charge is 2.35. The van der Waals surface area contributed by atoms with E-state index in [0.29, 0.717) is 23.4 Å². The molecule has 0 saturated heterocycles. The molecule has 1 aliphatic rings. The van der Waals surface area contributed by atoms with Gasteiger partial charge in [0.2, 0.25) is 0 Å². The number of aromatic hydroxyl groups is 1. The zero-order chi connectivity index (χ0) is 20.4. The fourth-order valence-corrected chi connectivity index (χ4v) is 2.60. The normalized spacial score (nSPS) is 18.4. The minimum absolute atomic E-state index is 0.00737. The van der Waals surface area contributed by atoms with E-state index in [1.54, 1.807) is 26.0 Å². The van der Waals surface area contributed by atoms with Crippen LogP contribution in [0.2, 0.25) is 0 Å². The molecule has 1 aliphatic heterocycles. The van der Waals surface area contributed by atoms with Crippen LogP contribution in [0.1, 0.15) is 53.1 Å². The molecule has 7 nitrogen and oxygen atoms in total. The van der Waals surface area contributed by atoms with Crippen molar-refractivity contribution in [2.45, 2.75) is 53.7 Å². The smallest absolute Gasteiger partial charge is 0.338 e. The molecule has 2 rings (SSSR count). The highest BCUT2D eigenvalue weighted by molar-refractivity contribution is 5.95. The van der Waals surface area contributed by atoms with Crippen molar-refractivity contribution in [1.29, 1.82) is 0 Å². The number of allylic oxidation sites excluding steroid dienone is 1. The lowest BCUT2D eigenvalue weighted by molar-refractivity contribution is -0.149. The summed E-state index contributed by atoms with van der Waals surface area (Å²) < 4.78 is 11.1. The lowest BCUT2D eigenvalue weighted by Gasteiger charge is -2.31. The number of amides is 2. The summed E-state index contributed by atoms with van der Waals surface area (Å²) in [6.45, 7) is 11.6. The molecule has 0 spiro atoms. The summed E-state index contributed by atoms with van der Waals surface area (Å²) in [4.78, 5) is 24.9. The highest BCUT2D eigenvalue weighted by Crippen LogP contribution is 2.34. The van der Waals surface area contributed by atoms with E-state index in [0.717, 1.165) is 0 Å². The maximum Gasteiger partial charge on any atom is 0.338 e. The van der Waals surface area contributed by atoms with Crippen molar-refractivity contribution in [3.05, 3.63) is 35.0 Å². The highest BCUT2D eigenvalue weighted by atomic mass is 16.5. The molecule has 3 N–H and O–H groups in total. The number of nitrogens with one attached hydrogen (secondary N) is 2. The molecule has 0 radical (unpaired) electrons. The van der Waals surface area contributed by atoms with Crippen LogP contribution in [0.3, 0.4) is 0 Å². The van der Waals surface area contributed by atoms with Crippen LogP contribution in [0.5, 0.6) is 11.5 Å². The Morgan fingerprint density at radius 3 is 2.59 bits per heavy atom. The van der Waals surface area contributed by atoms with Gasteiger partial charge in [-0.15, -0.1) is 0 Å². The number of hydrogen-bond acceptors (Lipinski definition) is 5. The van der Waals surface area contributed by atoms with Gasteiger partial charge in [0.25, 0.3) is 0 Å². The second-order valence-electron chi connectivity index (χ2n) is 7.64. The van der Waals surface area contributed by atoms with Gasteiger partial charge in [0.05, 0.1) is 18.2 Å². The Balaban J connectivity index is 2.41. The van der Waals surface area contributed by atoms with Crippen LogP contribution in [0, 0.1) is 5.41 Å². The van der Waals surface area contributed by atoms with Crippen LogP contribution in [0.25, 0.3) is 0 Å². The number of rotatable bonds is 5. The molecule has 2 atom stereocenters. The number of esters is 1. The SMILES string of the molecule is CCOc1cc([C@@H]2NC(=O)NC(C)=C2C(=O)O[C@@H](C)C(C)(C)C)ccc1O. The molecule has 0 aliphatic carbocycles. The standard InChI is InChI=1S/C20H28N2O5/c1-7-26-15-10-13(8-9-14(15)23)17-16(11(2)21-19(25)22-17)18(24)27-12(3)20(4,5)6/h8-10,12,17,23H,7H2,1-6H3,(H2,21,22,25)/t12-,17-/m0/s1. The van der Waals surface area contributed by atoms with Crippen molar-refractivity contribution in [3.8, 4) is 11.5 Å². The third-order valence-corrected chi connectivity index (χ3v) is 4.61. The van der Waals surface area contributed by atoms with Crippen LogP contribution in [-0.2, 0) is 9.53 Å². The molecule has 1 aromatic carbocycles. The molecule has 27 heavy (non-hydrogen) atoms. The molecule has 0 aromatic heterocycles. The first kappa shape index (κ1) is 20.6. The van der Waals surface area contributed by atoms with E-state index in [1.165, 1.54) is 6.07 Å². The summed E-state index contributed by atoms with van der Waals surface area (Å²) in [6.07, 6.45) is -0.317. The quantitative estimate of drug-likeness (QED) is 0.685. The summed E-state index contributed by atoms with van der Waals surface area (Å²) >= 11 is 0. The van der Waals surface area contributed by atoms with E-state index in [4.69, 9.17) is 9.47 Å². The summed E-state index contributed by atoms with van der Waals surface area (Å²) in [5.41, 5.74) is 1.14. The number of ether oxygens (including phenoxy) is 2. The van der Waals surface area contributed by atoms with Crippen molar-refractivity contribution in [1.82, 2.24) is 10.6 Å². The number of hydrogen-bond donors (Lipinski definition) is 3. The fourth-order valence-electron chi connectivity index (χ4n) is 2.60. The summed E-state index contributed by atoms with van der Waals surface area (Å²) in [5.74, 6) is -0.221. The second-order valence-corrected chi connectivity index (χ2v) is 7.64. The van der Waals surface area contributed by atoms with Crippen molar-refractivity contribution < 1.29 is 24.2 Å². The Hall–Kier alpha value is -2.70. The molecule has 0 saturated carbocycles. The van der Waals surface area contributed by atoms with Crippen LogP contribution in [-0.4, -0.2) is 29.8 Å². The second kappa shape index (κ2) is 7.90. The van der Waals surface area contributed by atoms with E-state index in [9.17, 15) is 14.7 Å². The van der Waals surface area contributed by atoms with E-state index in [2.05, 4.69) is 10.6 Å². The van der Waals surface area contributed by atoms with Gasteiger partial charge in [-0.25, -0.2) is 9.59 Å². The first-order chi connectivity index (χ1) is 12.5.